The van der Waals surface area contributed by atoms with Crippen LogP contribution >= 0.6 is 0 Å². The summed E-state index contributed by atoms with van der Waals surface area (Å²) in [7, 11) is 0. The fourth-order valence-electron chi connectivity index (χ4n) is 0.631. The van der Waals surface area contributed by atoms with Gasteiger partial charge in [0.05, 0.1) is 0 Å². The van der Waals surface area contributed by atoms with Crippen LogP contribution in [0.15, 0.2) is 0 Å². The molecule has 0 saturated heterocycles. The Morgan fingerprint density at radius 1 is 0.765 bits per heavy atom. The summed E-state index contributed by atoms with van der Waals surface area (Å²) < 4.78 is 0. The van der Waals surface area contributed by atoms with Gasteiger partial charge in [0.1, 0.15) is 9.85 Å². The Morgan fingerprint density at radius 3 is 1.24 bits per heavy atom. The monoisotopic (exact) mass is 256 g/mol. The normalized spacial score (nSPS) is 10.4. The topological polar surface area (TPSA) is 191 Å². The van der Waals surface area contributed by atoms with Crippen LogP contribution in [0, 0.1) is 40.5 Å². The van der Waals surface area contributed by atoms with Gasteiger partial charge < -0.3 is 0 Å². The molecule has 0 amide bonds. The van der Waals surface area contributed by atoms with Gasteiger partial charge in [-0.3, -0.25) is 29.9 Å². The summed E-state index contributed by atoms with van der Waals surface area (Å²) in [4.78, 5) is 44.3. The highest BCUT2D eigenvalue weighted by Crippen LogP contribution is 2.13. The summed E-state index contributed by atoms with van der Waals surface area (Å²) in [6, 6.07) is 0. The SMILES string of the molecule is O=[N+]([O-])OCC(CO[N+](=O)[O-])([N+](=O)[O-])[N+](=O)[O-]. The highest BCUT2D eigenvalue weighted by molar-refractivity contribution is 4.64. The first-order valence-corrected chi connectivity index (χ1v) is 3.56. The molecule has 17 heavy (non-hydrogen) atoms. The number of nitro groups is 2. The molecule has 0 aliphatic rings. The summed E-state index contributed by atoms with van der Waals surface area (Å²) in [6.45, 7) is -3.23. The molecule has 0 radical (unpaired) electrons. The van der Waals surface area contributed by atoms with Crippen molar-refractivity contribution >= 4 is 0 Å². The first-order chi connectivity index (χ1) is 7.72. The highest BCUT2D eigenvalue weighted by Gasteiger charge is 2.59. The smallest absolute Gasteiger partial charge is 0.298 e. The van der Waals surface area contributed by atoms with E-state index in [4.69, 9.17) is 0 Å². The standard InChI is InChI=1S/C3H4N4O10/c8-4(9)3(5(10)11,1-16-6(12)13)2-17-7(14)15/h1-2H2. The molecule has 96 valence electrons. The van der Waals surface area contributed by atoms with Crippen LogP contribution in [0.2, 0.25) is 0 Å². The Bertz CT molecular complexity index is 317. The van der Waals surface area contributed by atoms with Gasteiger partial charge in [-0.15, -0.1) is 20.2 Å². The largest absolute Gasteiger partial charge is 0.504 e. The van der Waals surface area contributed by atoms with Crippen LogP contribution < -0.4 is 0 Å². The maximum atomic E-state index is 10.4. The van der Waals surface area contributed by atoms with E-state index in [-0.39, 0.29) is 0 Å². The molecular weight excluding hydrogens is 252 g/mol. The second kappa shape index (κ2) is 5.33. The Balaban J connectivity index is 4.99. The lowest BCUT2D eigenvalue weighted by molar-refractivity contribution is -0.859. The third-order valence-corrected chi connectivity index (χ3v) is 1.48. The van der Waals surface area contributed by atoms with Crippen LogP contribution in [-0.4, -0.2) is 38.9 Å². The second-order valence-corrected chi connectivity index (χ2v) is 2.49. The lowest BCUT2D eigenvalue weighted by Crippen LogP contribution is -2.54. The molecule has 0 aromatic heterocycles. The molecule has 0 bridgehead atoms. The van der Waals surface area contributed by atoms with E-state index in [1.807, 2.05) is 0 Å². The predicted octanol–water partition coefficient (Wildman–Crippen LogP) is -1.35. The van der Waals surface area contributed by atoms with Crippen LogP contribution in [0.1, 0.15) is 0 Å². The summed E-state index contributed by atoms with van der Waals surface area (Å²) in [5, 5.41) is 37.5. The molecule has 0 fully saturated rings. The van der Waals surface area contributed by atoms with Crippen molar-refractivity contribution < 1.29 is 29.7 Å². The first-order valence-electron chi connectivity index (χ1n) is 3.56. The van der Waals surface area contributed by atoms with E-state index < -0.39 is 38.9 Å². The predicted molar refractivity (Wildman–Crippen MR) is 42.6 cm³/mol. The first kappa shape index (κ1) is 14.2. The van der Waals surface area contributed by atoms with Gasteiger partial charge in [0, 0.05) is 0 Å². The number of hydrogen-bond acceptors (Lipinski definition) is 10. The van der Waals surface area contributed by atoms with Gasteiger partial charge in [-0.1, -0.05) is 0 Å². The van der Waals surface area contributed by atoms with Crippen LogP contribution in [0.25, 0.3) is 0 Å². The number of hydrogen-bond donors (Lipinski definition) is 0. The Morgan fingerprint density at radius 2 is 1.06 bits per heavy atom. The third kappa shape index (κ3) is 3.68. The maximum absolute atomic E-state index is 10.4. The highest BCUT2D eigenvalue weighted by atomic mass is 17.0. The minimum atomic E-state index is -3.32. The zero-order chi connectivity index (χ0) is 13.6. The van der Waals surface area contributed by atoms with E-state index in [2.05, 4.69) is 9.68 Å². The molecule has 0 aliphatic carbocycles. The van der Waals surface area contributed by atoms with Gasteiger partial charge in [-0.25, -0.2) is 0 Å². The van der Waals surface area contributed by atoms with Crippen molar-refractivity contribution in [1.82, 2.24) is 0 Å². The number of nitrogens with zero attached hydrogens (tertiary/aromatic N) is 4. The van der Waals surface area contributed by atoms with E-state index in [0.29, 0.717) is 0 Å². The fourth-order valence-corrected chi connectivity index (χ4v) is 0.631. The van der Waals surface area contributed by atoms with Gasteiger partial charge in [0.15, 0.2) is 0 Å². The molecule has 0 heterocycles. The average molecular weight is 256 g/mol. The van der Waals surface area contributed by atoms with Crippen LogP contribution in [0.4, 0.5) is 0 Å². The van der Waals surface area contributed by atoms with Crippen molar-refractivity contribution in [2.24, 2.45) is 0 Å². The van der Waals surface area contributed by atoms with E-state index in [9.17, 15) is 40.5 Å². The minimum Gasteiger partial charge on any atom is -0.298 e. The van der Waals surface area contributed by atoms with Gasteiger partial charge in [0.25, 0.3) is 10.2 Å². The van der Waals surface area contributed by atoms with E-state index in [1.54, 1.807) is 0 Å². The molecule has 0 rings (SSSR count). The third-order valence-electron chi connectivity index (χ3n) is 1.48. The Kier molecular flexibility index (Phi) is 4.45. The van der Waals surface area contributed by atoms with Crippen LogP contribution in [-0.2, 0) is 9.68 Å². The van der Waals surface area contributed by atoms with Crippen molar-refractivity contribution in [3.8, 4) is 0 Å². The van der Waals surface area contributed by atoms with Crippen molar-refractivity contribution in [2.45, 2.75) is 5.66 Å². The quantitative estimate of drug-likeness (QED) is 0.284. The van der Waals surface area contributed by atoms with Crippen molar-refractivity contribution in [3.05, 3.63) is 40.5 Å². The van der Waals surface area contributed by atoms with Crippen molar-refractivity contribution in [2.75, 3.05) is 13.2 Å². The molecule has 0 saturated carbocycles. The summed E-state index contributed by atoms with van der Waals surface area (Å²) in [5.74, 6) is 0. The molecule has 0 aliphatic heterocycles. The summed E-state index contributed by atoms with van der Waals surface area (Å²) in [5.41, 5.74) is -3.32. The lowest BCUT2D eigenvalue weighted by Gasteiger charge is -2.14. The van der Waals surface area contributed by atoms with E-state index >= 15 is 0 Å². The maximum Gasteiger partial charge on any atom is 0.504 e. The van der Waals surface area contributed by atoms with Crippen LogP contribution in [0.5, 0.6) is 0 Å². The molecule has 14 nitrogen and oxygen atoms in total. The van der Waals surface area contributed by atoms with Crippen LogP contribution in [0.3, 0.4) is 0 Å². The zero-order valence-corrected chi connectivity index (χ0v) is 7.79. The summed E-state index contributed by atoms with van der Waals surface area (Å²) in [6.07, 6.45) is 0. The van der Waals surface area contributed by atoms with Gasteiger partial charge in [0.2, 0.25) is 13.2 Å². The molecule has 0 unspecified atom stereocenters. The average Bonchev–Trinajstić information content (AvgIpc) is 2.16. The number of rotatable bonds is 8. The molecular formula is C3H4N4O10. The zero-order valence-electron chi connectivity index (χ0n) is 7.79. The molecule has 0 aromatic carbocycles. The lowest BCUT2D eigenvalue weighted by atomic mass is 10.2. The van der Waals surface area contributed by atoms with Crippen molar-refractivity contribution in [3.63, 3.8) is 0 Å². The molecule has 0 atom stereocenters. The molecule has 0 aromatic rings. The minimum absolute atomic E-state index is 1.51. The molecule has 14 heteroatoms. The van der Waals surface area contributed by atoms with E-state index in [0.717, 1.165) is 0 Å². The Labute approximate surface area is 90.2 Å². The second-order valence-electron chi connectivity index (χ2n) is 2.49. The van der Waals surface area contributed by atoms with Gasteiger partial charge in [-0.05, 0) is 0 Å². The molecule has 0 spiro atoms. The Hall–Kier alpha value is -2.80. The van der Waals surface area contributed by atoms with Gasteiger partial charge in [-0.2, -0.15) is 0 Å². The van der Waals surface area contributed by atoms with Gasteiger partial charge >= 0.3 is 5.66 Å². The van der Waals surface area contributed by atoms with E-state index in [1.165, 1.54) is 0 Å². The molecule has 0 N–H and O–H groups in total. The summed E-state index contributed by atoms with van der Waals surface area (Å²) >= 11 is 0. The van der Waals surface area contributed by atoms with Crippen molar-refractivity contribution in [1.29, 1.82) is 0 Å². The fraction of sp³-hybridized carbons (Fsp3) is 1.00.